The number of phenols is 1. The Kier molecular flexibility index (Phi) is 4.99. The van der Waals surface area contributed by atoms with Crippen molar-refractivity contribution in [3.8, 4) is 28.1 Å². The van der Waals surface area contributed by atoms with E-state index >= 15 is 0 Å². The molecule has 6 nitrogen and oxygen atoms in total. The monoisotopic (exact) mass is 385 g/mol. The fourth-order valence-electron chi connectivity index (χ4n) is 3.32. The van der Waals surface area contributed by atoms with Crippen LogP contribution in [0.5, 0.6) is 5.75 Å². The maximum absolute atomic E-state index is 9.76. The molecule has 2 N–H and O–H groups in total. The van der Waals surface area contributed by atoms with Gasteiger partial charge in [-0.15, -0.1) is 0 Å². The van der Waals surface area contributed by atoms with Crippen LogP contribution in [0.25, 0.3) is 22.4 Å². The predicted octanol–water partition coefficient (Wildman–Crippen LogP) is 4.73. The van der Waals surface area contributed by atoms with Crippen LogP contribution < -0.4 is 5.32 Å². The minimum absolute atomic E-state index is 0.0537. The van der Waals surface area contributed by atoms with Gasteiger partial charge in [-0.1, -0.05) is 30.3 Å². The Balaban J connectivity index is 1.59. The fraction of sp³-hybridized carbons (Fsp3) is 0.174. The molecule has 1 atom stereocenters. The highest BCUT2D eigenvalue weighted by atomic mass is 16.3. The number of benzene rings is 2. The molecule has 146 valence electrons. The zero-order chi connectivity index (χ0) is 20.4. The van der Waals surface area contributed by atoms with Crippen LogP contribution in [0.4, 0.5) is 5.82 Å². The second kappa shape index (κ2) is 7.75. The van der Waals surface area contributed by atoms with E-state index in [-0.39, 0.29) is 11.8 Å². The first kappa shape index (κ1) is 18.7. The molecular formula is C23H23N5O. The third-order valence-electron chi connectivity index (χ3n) is 4.77. The van der Waals surface area contributed by atoms with Crippen LogP contribution >= 0.6 is 0 Å². The van der Waals surface area contributed by atoms with Gasteiger partial charge in [0.05, 0.1) is 11.9 Å². The molecule has 4 aromatic rings. The van der Waals surface area contributed by atoms with Crippen LogP contribution in [0.3, 0.4) is 0 Å². The third kappa shape index (κ3) is 4.27. The first-order chi connectivity index (χ1) is 14.0. The Morgan fingerprint density at radius 2 is 1.76 bits per heavy atom. The number of aryl methyl sites for hydroxylation is 2. The molecule has 0 saturated carbocycles. The van der Waals surface area contributed by atoms with E-state index in [9.17, 15) is 5.11 Å². The lowest BCUT2D eigenvalue weighted by atomic mass is 10.0. The molecule has 4 rings (SSSR count). The smallest absolute Gasteiger partial charge is 0.130 e. The molecule has 2 aromatic carbocycles. The molecule has 0 radical (unpaired) electrons. The van der Waals surface area contributed by atoms with E-state index in [0.717, 1.165) is 33.8 Å². The standard InChI is InChI=1S/C23H23N5O/c1-15(17-6-4-7-18(10-17)20-13-24-28(3)14-20)25-23-12-22(26-16(2)27-23)19-8-5-9-21(29)11-19/h4-15,29H,1-3H3,(H,25,26,27). The van der Waals surface area contributed by atoms with E-state index in [2.05, 4.69) is 51.6 Å². The van der Waals surface area contributed by atoms with E-state index in [1.54, 1.807) is 16.8 Å². The molecule has 0 aliphatic heterocycles. The van der Waals surface area contributed by atoms with Crippen LogP contribution in [-0.2, 0) is 7.05 Å². The van der Waals surface area contributed by atoms with Crippen LogP contribution in [-0.4, -0.2) is 24.9 Å². The van der Waals surface area contributed by atoms with Crippen LogP contribution in [0.1, 0.15) is 24.4 Å². The summed E-state index contributed by atoms with van der Waals surface area (Å²) < 4.78 is 1.80. The minimum Gasteiger partial charge on any atom is -0.508 e. The maximum Gasteiger partial charge on any atom is 0.130 e. The van der Waals surface area contributed by atoms with E-state index in [1.165, 1.54) is 0 Å². The van der Waals surface area contributed by atoms with Crippen molar-refractivity contribution in [2.45, 2.75) is 19.9 Å². The van der Waals surface area contributed by atoms with Crippen molar-refractivity contribution in [3.63, 3.8) is 0 Å². The average Bonchev–Trinajstić information content (AvgIpc) is 3.14. The van der Waals surface area contributed by atoms with E-state index in [1.807, 2.05) is 44.6 Å². The number of aromatic hydroxyl groups is 1. The van der Waals surface area contributed by atoms with E-state index in [0.29, 0.717) is 5.82 Å². The molecule has 29 heavy (non-hydrogen) atoms. The molecule has 2 heterocycles. The summed E-state index contributed by atoms with van der Waals surface area (Å²) in [5.41, 5.74) is 4.99. The molecule has 6 heteroatoms. The second-order valence-electron chi connectivity index (χ2n) is 7.13. The lowest BCUT2D eigenvalue weighted by molar-refractivity contribution is 0.475. The van der Waals surface area contributed by atoms with Gasteiger partial charge in [0, 0.05) is 36.5 Å². The van der Waals surface area contributed by atoms with Crippen molar-refractivity contribution in [3.05, 3.63) is 78.4 Å². The number of nitrogens with zero attached hydrogens (tertiary/aromatic N) is 4. The van der Waals surface area contributed by atoms with Gasteiger partial charge in [0.25, 0.3) is 0 Å². The molecule has 0 fully saturated rings. The molecule has 2 aromatic heterocycles. The topological polar surface area (TPSA) is 75.9 Å². The highest BCUT2D eigenvalue weighted by Gasteiger charge is 2.11. The first-order valence-electron chi connectivity index (χ1n) is 9.48. The van der Waals surface area contributed by atoms with Crippen molar-refractivity contribution < 1.29 is 5.11 Å². The summed E-state index contributed by atoms with van der Waals surface area (Å²) >= 11 is 0. The van der Waals surface area contributed by atoms with Crippen LogP contribution in [0.15, 0.2) is 67.0 Å². The van der Waals surface area contributed by atoms with Crippen molar-refractivity contribution in [1.29, 1.82) is 0 Å². The number of aromatic nitrogens is 4. The summed E-state index contributed by atoms with van der Waals surface area (Å²) in [6.45, 7) is 3.97. The Bertz CT molecular complexity index is 1150. The van der Waals surface area contributed by atoms with Gasteiger partial charge in [-0.3, -0.25) is 4.68 Å². The molecule has 0 saturated heterocycles. The van der Waals surface area contributed by atoms with Gasteiger partial charge < -0.3 is 10.4 Å². The Morgan fingerprint density at radius 3 is 2.52 bits per heavy atom. The molecule has 0 amide bonds. The minimum atomic E-state index is 0.0537. The van der Waals surface area contributed by atoms with Crippen molar-refractivity contribution in [2.24, 2.45) is 7.05 Å². The number of nitrogens with one attached hydrogen (secondary N) is 1. The molecule has 0 bridgehead atoms. The van der Waals surface area contributed by atoms with Gasteiger partial charge >= 0.3 is 0 Å². The fourth-order valence-corrected chi connectivity index (χ4v) is 3.32. The number of hydrogen-bond acceptors (Lipinski definition) is 5. The molecule has 1 unspecified atom stereocenters. The molecular weight excluding hydrogens is 362 g/mol. The SMILES string of the molecule is Cc1nc(NC(C)c2cccc(-c3cnn(C)c3)c2)cc(-c2cccc(O)c2)n1. The number of phenolic OH excluding ortho intramolecular Hbond substituents is 1. The number of anilines is 1. The summed E-state index contributed by atoms with van der Waals surface area (Å²) in [6, 6.07) is 17.4. The van der Waals surface area contributed by atoms with E-state index in [4.69, 9.17) is 0 Å². The van der Waals surface area contributed by atoms with Crippen LogP contribution in [0.2, 0.25) is 0 Å². The lowest BCUT2D eigenvalue weighted by Gasteiger charge is -2.17. The van der Waals surface area contributed by atoms with Gasteiger partial charge in [-0.05, 0) is 43.2 Å². The third-order valence-corrected chi connectivity index (χ3v) is 4.77. The number of rotatable bonds is 5. The Hall–Kier alpha value is -3.67. The highest BCUT2D eigenvalue weighted by molar-refractivity contribution is 5.65. The van der Waals surface area contributed by atoms with Crippen molar-refractivity contribution in [1.82, 2.24) is 19.7 Å². The molecule has 0 aliphatic carbocycles. The Morgan fingerprint density at radius 1 is 0.966 bits per heavy atom. The number of hydrogen-bond donors (Lipinski definition) is 2. The predicted molar refractivity (Wildman–Crippen MR) is 115 cm³/mol. The van der Waals surface area contributed by atoms with Crippen molar-refractivity contribution in [2.75, 3.05) is 5.32 Å². The second-order valence-corrected chi connectivity index (χ2v) is 7.13. The maximum atomic E-state index is 9.76. The zero-order valence-electron chi connectivity index (χ0n) is 16.7. The summed E-state index contributed by atoms with van der Waals surface area (Å²) in [6.07, 6.45) is 3.87. The quantitative estimate of drug-likeness (QED) is 0.519. The Labute approximate surface area is 169 Å². The summed E-state index contributed by atoms with van der Waals surface area (Å²) in [5, 5.41) is 17.5. The molecule has 0 aliphatic rings. The summed E-state index contributed by atoms with van der Waals surface area (Å²) in [4.78, 5) is 9.04. The van der Waals surface area contributed by atoms with Crippen LogP contribution in [0, 0.1) is 6.92 Å². The lowest BCUT2D eigenvalue weighted by Crippen LogP contribution is -2.09. The highest BCUT2D eigenvalue weighted by Crippen LogP contribution is 2.27. The van der Waals surface area contributed by atoms with E-state index < -0.39 is 0 Å². The normalized spacial score (nSPS) is 12.0. The summed E-state index contributed by atoms with van der Waals surface area (Å²) in [5.74, 6) is 1.63. The van der Waals surface area contributed by atoms with Gasteiger partial charge in [0.2, 0.25) is 0 Å². The van der Waals surface area contributed by atoms with Crippen molar-refractivity contribution >= 4 is 5.82 Å². The largest absolute Gasteiger partial charge is 0.508 e. The first-order valence-corrected chi connectivity index (χ1v) is 9.48. The molecule has 0 spiro atoms. The summed E-state index contributed by atoms with van der Waals surface area (Å²) in [7, 11) is 1.92. The average molecular weight is 385 g/mol. The van der Waals surface area contributed by atoms with Gasteiger partial charge in [-0.25, -0.2) is 9.97 Å². The van der Waals surface area contributed by atoms with Gasteiger partial charge in [0.15, 0.2) is 0 Å². The zero-order valence-corrected chi connectivity index (χ0v) is 16.7. The van der Waals surface area contributed by atoms with Gasteiger partial charge in [-0.2, -0.15) is 5.10 Å². The van der Waals surface area contributed by atoms with Gasteiger partial charge in [0.1, 0.15) is 17.4 Å².